The Morgan fingerprint density at radius 1 is 1.17 bits per heavy atom. The number of aliphatic hydroxyl groups is 3. The number of aliphatic hydroxyl groups excluding tert-OH is 3. The highest BCUT2D eigenvalue weighted by Crippen LogP contribution is 2.20. The molecule has 0 aromatic carbocycles. The second-order valence-electron chi connectivity index (χ2n) is 3.01. The molecule has 0 radical (unpaired) electrons. The van der Waals surface area contributed by atoms with Crippen LogP contribution in [-0.2, 0) is 4.74 Å². The van der Waals surface area contributed by atoms with Crippen LogP contribution >= 0.6 is 0 Å². The predicted octanol–water partition coefficient (Wildman–Crippen LogP) is -1.17. The summed E-state index contributed by atoms with van der Waals surface area (Å²) in [4.78, 5) is 0. The monoisotopic (exact) mass is 180 g/mol. The van der Waals surface area contributed by atoms with Gasteiger partial charge in [-0.3, -0.25) is 0 Å². The van der Waals surface area contributed by atoms with Crippen LogP contribution in [0.15, 0.2) is 0 Å². The van der Waals surface area contributed by atoms with Gasteiger partial charge in [0.25, 0.3) is 0 Å². The fourth-order valence-electron chi connectivity index (χ4n) is 1.26. The Morgan fingerprint density at radius 3 is 2.25 bits per heavy atom. The number of hydrogen-bond acceptors (Lipinski definition) is 4. The highest BCUT2D eigenvalue weighted by molar-refractivity contribution is 4.90. The Morgan fingerprint density at radius 2 is 1.75 bits per heavy atom. The van der Waals surface area contributed by atoms with Crippen LogP contribution < -0.4 is 0 Å². The van der Waals surface area contributed by atoms with E-state index in [1.165, 1.54) is 6.92 Å². The summed E-state index contributed by atoms with van der Waals surface area (Å²) < 4.78 is 17.0. The molecule has 0 saturated carbocycles. The van der Waals surface area contributed by atoms with E-state index in [9.17, 15) is 14.6 Å². The molecule has 1 aliphatic rings. The van der Waals surface area contributed by atoms with Crippen molar-refractivity contribution in [1.82, 2.24) is 0 Å². The van der Waals surface area contributed by atoms with Gasteiger partial charge in [-0.2, -0.15) is 0 Å². The lowest BCUT2D eigenvalue weighted by molar-refractivity contribution is -0.219. The van der Waals surface area contributed by atoms with Crippen molar-refractivity contribution < 1.29 is 24.4 Å². The quantitative estimate of drug-likeness (QED) is 0.475. The lowest BCUT2D eigenvalue weighted by Crippen LogP contribution is -2.57. The molecule has 1 rings (SSSR count). The minimum absolute atomic E-state index is 0.649. The number of rotatable bonds is 1. The molecule has 1 aliphatic heterocycles. The third-order valence-electron chi connectivity index (χ3n) is 2.10. The standard InChI is InChI=1S/C7H13FO4/c1-3-5(9)7(11)6(10)4(2-8)12-3/h3-7,9-11H,2H2,1H3/t3?,4?,5?,6-,7?/m1/s1. The molecule has 0 aromatic rings. The molecule has 0 bridgehead atoms. The zero-order valence-electron chi connectivity index (χ0n) is 6.72. The summed E-state index contributed by atoms with van der Waals surface area (Å²) in [7, 11) is 0. The molecule has 0 amide bonds. The average molecular weight is 180 g/mol. The van der Waals surface area contributed by atoms with Gasteiger partial charge in [0.2, 0.25) is 0 Å². The van der Waals surface area contributed by atoms with Gasteiger partial charge in [-0.15, -0.1) is 0 Å². The molecule has 3 N–H and O–H groups in total. The Hall–Kier alpha value is -0.230. The molecule has 0 aromatic heterocycles. The molecule has 1 saturated heterocycles. The molecule has 72 valence electrons. The third kappa shape index (κ3) is 1.59. The molecule has 1 heterocycles. The van der Waals surface area contributed by atoms with Crippen LogP contribution in [0.5, 0.6) is 0 Å². The molecular weight excluding hydrogens is 167 g/mol. The van der Waals surface area contributed by atoms with Crippen molar-refractivity contribution in [2.24, 2.45) is 0 Å². The van der Waals surface area contributed by atoms with Crippen LogP contribution in [0.4, 0.5) is 4.39 Å². The summed E-state index contributed by atoms with van der Waals surface area (Å²) in [5.74, 6) is 0. The van der Waals surface area contributed by atoms with Gasteiger partial charge >= 0.3 is 0 Å². The molecule has 0 aliphatic carbocycles. The van der Waals surface area contributed by atoms with E-state index in [1.807, 2.05) is 0 Å². The van der Waals surface area contributed by atoms with Crippen molar-refractivity contribution in [2.75, 3.05) is 6.67 Å². The first-order chi connectivity index (χ1) is 5.57. The first-order valence-electron chi connectivity index (χ1n) is 3.83. The number of halogens is 1. The minimum atomic E-state index is -1.35. The van der Waals surface area contributed by atoms with Crippen LogP contribution in [0.3, 0.4) is 0 Å². The third-order valence-corrected chi connectivity index (χ3v) is 2.10. The van der Waals surface area contributed by atoms with E-state index in [-0.39, 0.29) is 0 Å². The van der Waals surface area contributed by atoms with Gasteiger partial charge in [-0.25, -0.2) is 4.39 Å². The lowest BCUT2D eigenvalue weighted by Gasteiger charge is -2.38. The van der Waals surface area contributed by atoms with Gasteiger partial charge in [0.1, 0.15) is 31.1 Å². The second kappa shape index (κ2) is 3.66. The first kappa shape index (κ1) is 9.85. The van der Waals surface area contributed by atoms with E-state index >= 15 is 0 Å². The van der Waals surface area contributed by atoms with Gasteiger partial charge in [0, 0.05) is 0 Å². The van der Waals surface area contributed by atoms with Gasteiger partial charge < -0.3 is 20.1 Å². The molecule has 0 spiro atoms. The van der Waals surface area contributed by atoms with Crippen molar-refractivity contribution in [3.8, 4) is 0 Å². The van der Waals surface area contributed by atoms with Crippen LogP contribution in [0.1, 0.15) is 6.92 Å². The Labute approximate surface area is 69.6 Å². The molecular formula is C7H13FO4. The van der Waals surface area contributed by atoms with Crippen LogP contribution in [0, 0.1) is 0 Å². The van der Waals surface area contributed by atoms with Crippen LogP contribution in [0.25, 0.3) is 0 Å². The molecule has 4 nitrogen and oxygen atoms in total. The second-order valence-corrected chi connectivity index (χ2v) is 3.01. The van der Waals surface area contributed by atoms with E-state index in [0.29, 0.717) is 0 Å². The van der Waals surface area contributed by atoms with Crippen LogP contribution in [-0.4, -0.2) is 52.5 Å². The molecule has 4 unspecified atom stereocenters. The summed E-state index contributed by atoms with van der Waals surface area (Å²) >= 11 is 0. The largest absolute Gasteiger partial charge is 0.388 e. The zero-order valence-corrected chi connectivity index (χ0v) is 6.72. The van der Waals surface area contributed by atoms with Crippen molar-refractivity contribution in [1.29, 1.82) is 0 Å². The van der Waals surface area contributed by atoms with Crippen molar-refractivity contribution in [2.45, 2.75) is 37.4 Å². The fourth-order valence-corrected chi connectivity index (χ4v) is 1.26. The van der Waals surface area contributed by atoms with E-state index in [2.05, 4.69) is 0 Å². The Balaban J connectivity index is 2.63. The summed E-state index contributed by atoms with van der Waals surface area (Å²) in [6.45, 7) is 0.651. The normalized spacial score (nSPS) is 49.2. The van der Waals surface area contributed by atoms with E-state index in [0.717, 1.165) is 0 Å². The highest BCUT2D eigenvalue weighted by Gasteiger charge is 2.41. The molecule has 1 fully saturated rings. The van der Waals surface area contributed by atoms with E-state index in [4.69, 9.17) is 9.84 Å². The number of hydrogen-bond donors (Lipinski definition) is 3. The Kier molecular flexibility index (Phi) is 3.00. The minimum Gasteiger partial charge on any atom is -0.388 e. The van der Waals surface area contributed by atoms with E-state index in [1.54, 1.807) is 0 Å². The SMILES string of the molecule is CC1OC(CF)[C@@H](O)C(O)C1O. The molecule has 5 atom stereocenters. The van der Waals surface area contributed by atoms with Gasteiger partial charge in [0.15, 0.2) is 0 Å². The maximum Gasteiger partial charge on any atom is 0.118 e. The fraction of sp³-hybridized carbons (Fsp3) is 1.00. The summed E-state index contributed by atoms with van der Waals surface area (Å²) in [5.41, 5.74) is 0. The number of alkyl halides is 1. The summed E-state index contributed by atoms with van der Waals surface area (Å²) in [5, 5.41) is 27.5. The number of ether oxygens (including phenoxy) is 1. The summed E-state index contributed by atoms with van der Waals surface area (Å²) in [6, 6.07) is 0. The maximum absolute atomic E-state index is 12.1. The van der Waals surface area contributed by atoms with Crippen LogP contribution in [0.2, 0.25) is 0 Å². The van der Waals surface area contributed by atoms with Gasteiger partial charge in [-0.1, -0.05) is 0 Å². The average Bonchev–Trinajstić information content (AvgIpc) is 2.08. The van der Waals surface area contributed by atoms with Gasteiger partial charge in [0.05, 0.1) is 6.10 Å². The van der Waals surface area contributed by atoms with Crippen molar-refractivity contribution >= 4 is 0 Å². The van der Waals surface area contributed by atoms with Gasteiger partial charge in [-0.05, 0) is 6.92 Å². The zero-order chi connectivity index (χ0) is 9.30. The van der Waals surface area contributed by atoms with E-state index < -0.39 is 37.2 Å². The lowest BCUT2D eigenvalue weighted by atomic mass is 9.96. The first-order valence-corrected chi connectivity index (χ1v) is 3.83. The van der Waals surface area contributed by atoms with Crippen molar-refractivity contribution in [3.05, 3.63) is 0 Å². The predicted molar refractivity (Wildman–Crippen MR) is 38.3 cm³/mol. The maximum atomic E-state index is 12.1. The molecule has 12 heavy (non-hydrogen) atoms. The smallest absolute Gasteiger partial charge is 0.118 e. The highest BCUT2D eigenvalue weighted by atomic mass is 19.1. The van der Waals surface area contributed by atoms with Crippen molar-refractivity contribution in [3.63, 3.8) is 0 Å². The summed E-state index contributed by atoms with van der Waals surface area (Å²) in [6.07, 6.45) is -5.50. The molecule has 5 heteroatoms. The topological polar surface area (TPSA) is 69.9 Å². The Bertz CT molecular complexity index is 150.